The van der Waals surface area contributed by atoms with Crippen molar-refractivity contribution < 1.29 is 15.0 Å². The van der Waals surface area contributed by atoms with Gasteiger partial charge in [0.05, 0.1) is 11.1 Å². The van der Waals surface area contributed by atoms with Crippen molar-refractivity contribution in [2.24, 2.45) is 0 Å². The zero-order chi connectivity index (χ0) is 14.4. The maximum atomic E-state index is 12.3. The van der Waals surface area contributed by atoms with E-state index >= 15 is 0 Å². The number of hydrogen-bond acceptors (Lipinski definition) is 3. The van der Waals surface area contributed by atoms with Crippen molar-refractivity contribution in [3.8, 4) is 5.75 Å². The first kappa shape index (κ1) is 14.5. The number of carbonyl (C=O) groups is 1. The summed E-state index contributed by atoms with van der Waals surface area (Å²) in [5, 5.41) is 19.5. The van der Waals surface area contributed by atoms with Gasteiger partial charge >= 0.3 is 0 Å². The molecular formula is C16H16O3. The van der Waals surface area contributed by atoms with Crippen LogP contribution >= 0.6 is 0 Å². The van der Waals surface area contributed by atoms with Crippen LogP contribution < -0.4 is 0 Å². The number of aliphatic hydroxyl groups is 1. The summed E-state index contributed by atoms with van der Waals surface area (Å²) < 4.78 is 0. The fourth-order valence-electron chi connectivity index (χ4n) is 1.53. The van der Waals surface area contributed by atoms with Gasteiger partial charge in [0.25, 0.3) is 0 Å². The van der Waals surface area contributed by atoms with Gasteiger partial charge in [-0.2, -0.15) is 0 Å². The quantitative estimate of drug-likeness (QED) is 0.366. The summed E-state index contributed by atoms with van der Waals surface area (Å²) in [7, 11) is 0. The van der Waals surface area contributed by atoms with Crippen LogP contribution in [0.1, 0.15) is 15.9 Å². The molecule has 0 aromatic heterocycles. The van der Waals surface area contributed by atoms with Crippen LogP contribution in [0.25, 0.3) is 0 Å². The zero-order valence-electron chi connectivity index (χ0n) is 10.8. The number of phenolic OH excluding ortho intramolecular Hbond substituents is 1. The second kappa shape index (κ2) is 6.40. The molecule has 0 bridgehead atoms. The summed E-state index contributed by atoms with van der Waals surface area (Å²) in [6, 6.07) is 4.73. The number of rotatable bonds is 5. The summed E-state index contributed by atoms with van der Waals surface area (Å²) >= 11 is 0. The van der Waals surface area contributed by atoms with Crippen LogP contribution in [0.4, 0.5) is 0 Å². The molecule has 0 unspecified atom stereocenters. The van der Waals surface area contributed by atoms with Crippen molar-refractivity contribution >= 4 is 5.78 Å². The van der Waals surface area contributed by atoms with Crippen LogP contribution in [-0.2, 0) is 0 Å². The first-order chi connectivity index (χ1) is 9.01. The number of allylic oxidation sites excluding steroid dienone is 5. The lowest BCUT2D eigenvalue weighted by molar-refractivity contribution is 0.103. The molecule has 0 amide bonds. The molecule has 0 spiro atoms. The molecule has 98 valence electrons. The number of phenols is 1. The summed E-state index contributed by atoms with van der Waals surface area (Å²) in [4.78, 5) is 12.3. The number of benzene rings is 1. The predicted octanol–water partition coefficient (Wildman–Crippen LogP) is 3.62. The molecule has 0 atom stereocenters. The minimum absolute atomic E-state index is 0.0500. The monoisotopic (exact) mass is 256 g/mol. The summed E-state index contributed by atoms with van der Waals surface area (Å²) in [6.07, 6.45) is 5.61. The van der Waals surface area contributed by atoms with E-state index in [-0.39, 0.29) is 22.6 Å². The van der Waals surface area contributed by atoms with Crippen molar-refractivity contribution in [3.63, 3.8) is 0 Å². The van der Waals surface area contributed by atoms with Crippen LogP contribution in [0.3, 0.4) is 0 Å². The van der Waals surface area contributed by atoms with Gasteiger partial charge in [0.2, 0.25) is 0 Å². The number of carbonyl (C=O) groups excluding carboxylic acids is 1. The average molecular weight is 256 g/mol. The normalized spacial score (nSPS) is 12.1. The molecule has 1 aromatic carbocycles. The van der Waals surface area contributed by atoms with E-state index in [1.807, 2.05) is 6.92 Å². The first-order valence-electron chi connectivity index (χ1n) is 5.70. The standard InChI is InChI=1S/C16H16O3/c1-4-6-7-12(14(17)5-2)16(19)13-9-8-11(3)10-15(13)18/h4-10,17-18H,1-2H2,3H3/b7-6-,14-12-. The highest BCUT2D eigenvalue weighted by Gasteiger charge is 2.17. The number of aryl methyl sites for hydroxylation is 1. The third-order valence-corrected chi connectivity index (χ3v) is 2.51. The van der Waals surface area contributed by atoms with Gasteiger partial charge < -0.3 is 10.2 Å². The van der Waals surface area contributed by atoms with E-state index in [2.05, 4.69) is 13.2 Å². The highest BCUT2D eigenvalue weighted by atomic mass is 16.3. The van der Waals surface area contributed by atoms with Crippen molar-refractivity contribution in [3.05, 3.63) is 78.1 Å². The average Bonchev–Trinajstić information content (AvgIpc) is 2.38. The molecule has 0 heterocycles. The zero-order valence-corrected chi connectivity index (χ0v) is 10.8. The Labute approximate surface area is 112 Å². The van der Waals surface area contributed by atoms with Gasteiger partial charge in [-0.05, 0) is 36.8 Å². The predicted molar refractivity (Wildman–Crippen MR) is 76.4 cm³/mol. The summed E-state index contributed by atoms with van der Waals surface area (Å²) in [5.74, 6) is -0.845. The largest absolute Gasteiger partial charge is 0.507 e. The van der Waals surface area contributed by atoms with Crippen molar-refractivity contribution in [1.29, 1.82) is 0 Å². The second-order valence-corrected chi connectivity index (χ2v) is 3.95. The number of ketones is 1. The van der Waals surface area contributed by atoms with Gasteiger partial charge in [0.15, 0.2) is 5.78 Å². The minimum atomic E-state index is -0.479. The van der Waals surface area contributed by atoms with Crippen LogP contribution in [-0.4, -0.2) is 16.0 Å². The lowest BCUT2D eigenvalue weighted by Gasteiger charge is -2.06. The van der Waals surface area contributed by atoms with Crippen LogP contribution in [0, 0.1) is 6.92 Å². The lowest BCUT2D eigenvalue weighted by Crippen LogP contribution is -2.05. The van der Waals surface area contributed by atoms with Gasteiger partial charge in [0, 0.05) is 0 Å². The van der Waals surface area contributed by atoms with Crippen molar-refractivity contribution in [2.75, 3.05) is 0 Å². The number of aromatic hydroxyl groups is 1. The van der Waals surface area contributed by atoms with Crippen molar-refractivity contribution in [2.45, 2.75) is 6.92 Å². The van der Waals surface area contributed by atoms with E-state index in [0.717, 1.165) is 5.56 Å². The van der Waals surface area contributed by atoms with E-state index in [1.165, 1.54) is 36.4 Å². The fraction of sp³-hybridized carbons (Fsp3) is 0.0625. The van der Waals surface area contributed by atoms with Crippen LogP contribution in [0.5, 0.6) is 5.75 Å². The molecule has 3 heteroatoms. The van der Waals surface area contributed by atoms with Gasteiger partial charge in [-0.3, -0.25) is 4.79 Å². The maximum absolute atomic E-state index is 12.3. The highest BCUT2D eigenvalue weighted by Crippen LogP contribution is 2.23. The molecule has 0 saturated heterocycles. The Morgan fingerprint density at radius 2 is 2.00 bits per heavy atom. The lowest BCUT2D eigenvalue weighted by atomic mass is 9.99. The Hall–Kier alpha value is -2.55. The van der Waals surface area contributed by atoms with E-state index in [9.17, 15) is 15.0 Å². The Morgan fingerprint density at radius 1 is 1.32 bits per heavy atom. The summed E-state index contributed by atoms with van der Waals surface area (Å²) in [6.45, 7) is 8.73. The van der Waals surface area contributed by atoms with Crippen molar-refractivity contribution in [1.82, 2.24) is 0 Å². The molecule has 0 fully saturated rings. The molecule has 0 aliphatic carbocycles. The minimum Gasteiger partial charge on any atom is -0.507 e. The molecule has 0 saturated carbocycles. The van der Waals surface area contributed by atoms with Gasteiger partial charge in [-0.25, -0.2) is 0 Å². The smallest absolute Gasteiger partial charge is 0.200 e. The molecular weight excluding hydrogens is 240 g/mol. The van der Waals surface area contributed by atoms with E-state index in [4.69, 9.17) is 0 Å². The molecule has 0 aliphatic rings. The second-order valence-electron chi connectivity index (χ2n) is 3.95. The molecule has 0 radical (unpaired) electrons. The molecule has 1 aromatic rings. The fourth-order valence-corrected chi connectivity index (χ4v) is 1.53. The third kappa shape index (κ3) is 3.45. The molecule has 1 rings (SSSR count). The van der Waals surface area contributed by atoms with Crippen LogP contribution in [0.2, 0.25) is 0 Å². The van der Waals surface area contributed by atoms with Gasteiger partial charge in [-0.1, -0.05) is 31.4 Å². The molecule has 2 N–H and O–H groups in total. The topological polar surface area (TPSA) is 57.5 Å². The Bertz CT molecular complexity index is 578. The Balaban J connectivity index is 3.31. The number of aliphatic hydroxyl groups excluding tert-OH is 1. The number of Topliss-reactive ketones (excluding diaryl/α,β-unsaturated/α-hetero) is 1. The van der Waals surface area contributed by atoms with Gasteiger partial charge in [-0.15, -0.1) is 0 Å². The third-order valence-electron chi connectivity index (χ3n) is 2.51. The Morgan fingerprint density at radius 3 is 2.53 bits per heavy atom. The van der Waals surface area contributed by atoms with Crippen LogP contribution in [0.15, 0.2) is 67.0 Å². The first-order valence-corrected chi connectivity index (χ1v) is 5.70. The van der Waals surface area contributed by atoms with E-state index < -0.39 is 5.78 Å². The molecule has 19 heavy (non-hydrogen) atoms. The SMILES string of the molecule is C=C/C=C\C(C(=O)c1ccc(C)cc1O)=C(\O)C=C. The molecule has 0 aliphatic heterocycles. The highest BCUT2D eigenvalue weighted by molar-refractivity contribution is 6.12. The van der Waals surface area contributed by atoms with Gasteiger partial charge in [0.1, 0.15) is 11.5 Å². The van der Waals surface area contributed by atoms with E-state index in [1.54, 1.807) is 6.07 Å². The molecule has 3 nitrogen and oxygen atoms in total. The summed E-state index contributed by atoms with van der Waals surface area (Å²) in [5.41, 5.74) is 1.02. The Kier molecular flexibility index (Phi) is 4.89. The number of hydrogen-bond donors (Lipinski definition) is 2. The van der Waals surface area contributed by atoms with E-state index in [0.29, 0.717) is 0 Å². The maximum Gasteiger partial charge on any atom is 0.200 e.